The molecule has 0 saturated carbocycles. The number of aliphatic hydroxyl groups excluding tert-OH is 1. The molecule has 1 N–H and O–H groups in total. The fourth-order valence-corrected chi connectivity index (χ4v) is 1.55. The van der Waals surface area contributed by atoms with Gasteiger partial charge in [-0.2, -0.15) is 0 Å². The van der Waals surface area contributed by atoms with Crippen LogP contribution in [0.15, 0.2) is 28.7 Å². The van der Waals surface area contributed by atoms with Gasteiger partial charge in [0, 0.05) is 6.42 Å². The highest BCUT2D eigenvalue weighted by atomic mass is 16.5. The van der Waals surface area contributed by atoms with Crippen LogP contribution in [0.2, 0.25) is 0 Å². The van der Waals surface area contributed by atoms with Crippen LogP contribution >= 0.6 is 0 Å². The standard InChI is InChI=1S/C13H16N2O3/c1-10-4-2-3-5-11(10)17-9-7-13-15-14-12(18-13)6-8-16/h2-5,16H,6-9H2,1H3. The Morgan fingerprint density at radius 1 is 1.17 bits per heavy atom. The molecule has 2 aromatic rings. The Morgan fingerprint density at radius 2 is 1.89 bits per heavy atom. The van der Waals surface area contributed by atoms with Crippen molar-refractivity contribution in [3.05, 3.63) is 41.6 Å². The number of aliphatic hydroxyl groups is 1. The van der Waals surface area contributed by atoms with Gasteiger partial charge in [-0.15, -0.1) is 10.2 Å². The molecule has 1 heterocycles. The molecular weight excluding hydrogens is 232 g/mol. The third-order valence-electron chi connectivity index (χ3n) is 2.50. The fourth-order valence-electron chi connectivity index (χ4n) is 1.55. The van der Waals surface area contributed by atoms with Gasteiger partial charge in [0.05, 0.1) is 19.6 Å². The lowest BCUT2D eigenvalue weighted by Crippen LogP contribution is -2.02. The van der Waals surface area contributed by atoms with E-state index < -0.39 is 0 Å². The first-order valence-electron chi connectivity index (χ1n) is 5.90. The van der Waals surface area contributed by atoms with Crippen molar-refractivity contribution >= 4 is 0 Å². The van der Waals surface area contributed by atoms with Gasteiger partial charge in [0.25, 0.3) is 0 Å². The normalized spacial score (nSPS) is 10.6. The van der Waals surface area contributed by atoms with Gasteiger partial charge >= 0.3 is 0 Å². The molecule has 2 rings (SSSR count). The Bertz CT molecular complexity index is 496. The summed E-state index contributed by atoms with van der Waals surface area (Å²) >= 11 is 0. The van der Waals surface area contributed by atoms with Crippen LogP contribution in [0, 0.1) is 6.92 Å². The van der Waals surface area contributed by atoms with Crippen molar-refractivity contribution in [2.24, 2.45) is 0 Å². The lowest BCUT2D eigenvalue weighted by Gasteiger charge is -2.06. The van der Waals surface area contributed by atoms with Gasteiger partial charge in [0.1, 0.15) is 5.75 Å². The Morgan fingerprint density at radius 3 is 2.61 bits per heavy atom. The van der Waals surface area contributed by atoms with Crippen LogP contribution in [0.25, 0.3) is 0 Å². The summed E-state index contributed by atoms with van der Waals surface area (Å²) in [5.41, 5.74) is 1.10. The summed E-state index contributed by atoms with van der Waals surface area (Å²) in [6, 6.07) is 7.84. The SMILES string of the molecule is Cc1ccccc1OCCc1nnc(CCO)o1. The zero-order chi connectivity index (χ0) is 12.8. The highest BCUT2D eigenvalue weighted by molar-refractivity contribution is 5.31. The number of hydrogen-bond donors (Lipinski definition) is 1. The molecule has 5 heteroatoms. The molecule has 0 aliphatic rings. The third-order valence-corrected chi connectivity index (χ3v) is 2.50. The van der Waals surface area contributed by atoms with Gasteiger partial charge < -0.3 is 14.3 Å². The van der Waals surface area contributed by atoms with E-state index in [9.17, 15) is 0 Å². The number of nitrogens with zero attached hydrogens (tertiary/aromatic N) is 2. The van der Waals surface area contributed by atoms with Crippen LogP contribution in [0.5, 0.6) is 5.75 Å². The number of aromatic nitrogens is 2. The van der Waals surface area contributed by atoms with E-state index >= 15 is 0 Å². The predicted octanol–water partition coefficient (Wildman–Crippen LogP) is 1.53. The average Bonchev–Trinajstić information content (AvgIpc) is 2.80. The molecule has 0 saturated heterocycles. The Hall–Kier alpha value is -1.88. The molecule has 0 spiro atoms. The van der Waals surface area contributed by atoms with Crippen LogP contribution in [0.4, 0.5) is 0 Å². The number of para-hydroxylation sites is 1. The molecule has 1 aromatic heterocycles. The van der Waals surface area contributed by atoms with Crippen molar-refractivity contribution in [2.45, 2.75) is 19.8 Å². The summed E-state index contributed by atoms with van der Waals surface area (Å²) in [6.45, 7) is 2.51. The van der Waals surface area contributed by atoms with Gasteiger partial charge in [-0.25, -0.2) is 0 Å². The first kappa shape index (κ1) is 12.6. The molecule has 0 aliphatic heterocycles. The monoisotopic (exact) mass is 248 g/mol. The maximum absolute atomic E-state index is 8.73. The molecule has 0 bridgehead atoms. The largest absolute Gasteiger partial charge is 0.493 e. The van der Waals surface area contributed by atoms with Crippen molar-refractivity contribution in [1.82, 2.24) is 10.2 Å². The molecule has 0 aliphatic carbocycles. The van der Waals surface area contributed by atoms with Crippen molar-refractivity contribution in [3.63, 3.8) is 0 Å². The molecule has 0 amide bonds. The van der Waals surface area contributed by atoms with Crippen LogP contribution in [-0.2, 0) is 12.8 Å². The van der Waals surface area contributed by atoms with Crippen molar-refractivity contribution in [1.29, 1.82) is 0 Å². The Kier molecular flexibility index (Phi) is 4.30. The number of benzene rings is 1. The van der Waals surface area contributed by atoms with E-state index in [0.29, 0.717) is 31.2 Å². The van der Waals surface area contributed by atoms with E-state index in [1.807, 2.05) is 31.2 Å². The fraction of sp³-hybridized carbons (Fsp3) is 0.385. The molecule has 18 heavy (non-hydrogen) atoms. The second kappa shape index (κ2) is 6.16. The number of hydrogen-bond acceptors (Lipinski definition) is 5. The van der Waals surface area contributed by atoms with Gasteiger partial charge in [-0.1, -0.05) is 18.2 Å². The first-order chi connectivity index (χ1) is 8.79. The lowest BCUT2D eigenvalue weighted by molar-refractivity contribution is 0.277. The van der Waals surface area contributed by atoms with Gasteiger partial charge in [-0.05, 0) is 18.6 Å². The van der Waals surface area contributed by atoms with E-state index in [-0.39, 0.29) is 6.61 Å². The Balaban J connectivity index is 1.83. The molecule has 0 radical (unpaired) electrons. The molecular formula is C13H16N2O3. The van der Waals surface area contributed by atoms with Crippen LogP contribution in [0.3, 0.4) is 0 Å². The van der Waals surface area contributed by atoms with E-state index in [1.54, 1.807) is 0 Å². The lowest BCUT2D eigenvalue weighted by atomic mass is 10.2. The van der Waals surface area contributed by atoms with Crippen molar-refractivity contribution < 1.29 is 14.3 Å². The van der Waals surface area contributed by atoms with Gasteiger partial charge in [0.2, 0.25) is 11.8 Å². The summed E-state index contributed by atoms with van der Waals surface area (Å²) in [6.07, 6.45) is 0.957. The van der Waals surface area contributed by atoms with Crippen LogP contribution in [0.1, 0.15) is 17.3 Å². The summed E-state index contributed by atoms with van der Waals surface area (Å²) < 4.78 is 11.0. The Labute approximate surface area is 105 Å². The highest BCUT2D eigenvalue weighted by Crippen LogP contribution is 2.16. The minimum absolute atomic E-state index is 0.0152. The highest BCUT2D eigenvalue weighted by Gasteiger charge is 2.06. The molecule has 0 fully saturated rings. The molecule has 5 nitrogen and oxygen atoms in total. The molecule has 1 aromatic carbocycles. The molecule has 0 unspecified atom stereocenters. The topological polar surface area (TPSA) is 68.4 Å². The first-order valence-corrected chi connectivity index (χ1v) is 5.90. The summed E-state index contributed by atoms with van der Waals surface area (Å²) in [7, 11) is 0. The summed E-state index contributed by atoms with van der Waals surface area (Å²) in [5.74, 6) is 1.86. The van der Waals surface area contributed by atoms with Crippen molar-refractivity contribution in [3.8, 4) is 5.75 Å². The van der Waals surface area contributed by atoms with E-state index in [4.69, 9.17) is 14.3 Å². The van der Waals surface area contributed by atoms with Crippen molar-refractivity contribution in [2.75, 3.05) is 13.2 Å². The molecule has 0 atom stereocenters. The van der Waals surface area contributed by atoms with Gasteiger partial charge in [-0.3, -0.25) is 0 Å². The summed E-state index contributed by atoms with van der Waals surface area (Å²) in [5, 5.41) is 16.4. The average molecular weight is 248 g/mol. The van der Waals surface area contributed by atoms with E-state index in [0.717, 1.165) is 11.3 Å². The van der Waals surface area contributed by atoms with Crippen LogP contribution < -0.4 is 4.74 Å². The predicted molar refractivity (Wildman–Crippen MR) is 65.5 cm³/mol. The van der Waals surface area contributed by atoms with Crippen LogP contribution in [-0.4, -0.2) is 28.5 Å². The second-order valence-corrected chi connectivity index (χ2v) is 3.93. The van der Waals surface area contributed by atoms with E-state index in [2.05, 4.69) is 10.2 Å². The minimum atomic E-state index is 0.0152. The zero-order valence-corrected chi connectivity index (χ0v) is 10.3. The number of rotatable bonds is 6. The minimum Gasteiger partial charge on any atom is -0.493 e. The van der Waals surface area contributed by atoms with Gasteiger partial charge in [0.15, 0.2) is 0 Å². The zero-order valence-electron chi connectivity index (χ0n) is 10.3. The number of aryl methyl sites for hydroxylation is 1. The number of ether oxygens (including phenoxy) is 1. The quantitative estimate of drug-likeness (QED) is 0.839. The molecule has 96 valence electrons. The summed E-state index contributed by atoms with van der Waals surface area (Å²) in [4.78, 5) is 0. The van der Waals surface area contributed by atoms with E-state index in [1.165, 1.54) is 0 Å². The smallest absolute Gasteiger partial charge is 0.219 e. The third kappa shape index (κ3) is 3.30. The maximum Gasteiger partial charge on any atom is 0.219 e. The maximum atomic E-state index is 8.73. The second-order valence-electron chi connectivity index (χ2n) is 3.93.